The fourth-order valence-electron chi connectivity index (χ4n) is 1.63. The molecule has 0 saturated heterocycles. The van der Waals surface area contributed by atoms with Gasteiger partial charge in [0.25, 0.3) is 5.69 Å². The number of carbonyl (C=O) groups excluding carboxylic acids is 1. The van der Waals surface area contributed by atoms with Crippen LogP contribution in [0.4, 0.5) is 5.69 Å². The number of nitrogens with zero attached hydrogens (tertiary/aromatic N) is 1. The van der Waals surface area contributed by atoms with Crippen LogP contribution in [0.15, 0.2) is 24.3 Å². The number of non-ortho nitro benzene ring substituents is 1. The van der Waals surface area contributed by atoms with E-state index in [2.05, 4.69) is 9.96 Å². The highest BCUT2D eigenvalue weighted by Crippen LogP contribution is 2.13. The predicted octanol–water partition coefficient (Wildman–Crippen LogP) is 0.379. The summed E-state index contributed by atoms with van der Waals surface area (Å²) in [5, 5.41) is 22.4. The molecular formula is C11H15BN2O5. The lowest BCUT2D eigenvalue weighted by molar-refractivity contribution is -0.384. The van der Waals surface area contributed by atoms with Crippen LogP contribution in [-0.4, -0.2) is 36.1 Å². The molecule has 0 unspecified atom stereocenters. The van der Waals surface area contributed by atoms with Crippen LogP contribution in [-0.2, 0) is 16.0 Å². The number of benzene rings is 1. The molecule has 0 saturated carbocycles. The molecule has 2 N–H and O–H groups in total. The van der Waals surface area contributed by atoms with Crippen molar-refractivity contribution in [3.05, 3.63) is 39.9 Å². The summed E-state index contributed by atoms with van der Waals surface area (Å²) in [5.41, 5.74) is 0.719. The second-order valence-corrected chi connectivity index (χ2v) is 4.05. The number of nitro benzene ring substituents is 1. The Kier molecular flexibility index (Phi) is 5.46. The zero-order valence-corrected chi connectivity index (χ0v) is 10.7. The highest BCUT2D eigenvalue weighted by atomic mass is 16.6. The van der Waals surface area contributed by atoms with Gasteiger partial charge in [-0.2, -0.15) is 0 Å². The first kappa shape index (κ1) is 15.1. The van der Waals surface area contributed by atoms with Gasteiger partial charge >= 0.3 is 13.0 Å². The lowest BCUT2D eigenvalue weighted by Crippen LogP contribution is -2.46. The fourth-order valence-corrected chi connectivity index (χ4v) is 1.63. The summed E-state index contributed by atoms with van der Waals surface area (Å²) in [4.78, 5) is 21.6. The lowest BCUT2D eigenvalue weighted by atomic mass is 9.86. The standard InChI is InChI=1S/C11H15BN2O5/c1-12(16)13-10(11(15)19-2)7-8-3-5-9(6-4-8)14(17)18/h3-6,10,13,16H,7H2,1-2H3/t10-/m0/s1. The van der Waals surface area contributed by atoms with Gasteiger partial charge in [-0.05, 0) is 18.8 Å². The monoisotopic (exact) mass is 266 g/mol. The second-order valence-electron chi connectivity index (χ2n) is 4.05. The molecule has 1 atom stereocenters. The van der Waals surface area contributed by atoms with Crippen LogP contribution in [0.3, 0.4) is 0 Å². The van der Waals surface area contributed by atoms with E-state index >= 15 is 0 Å². The van der Waals surface area contributed by atoms with Crippen LogP contribution >= 0.6 is 0 Å². The molecule has 1 aromatic carbocycles. The van der Waals surface area contributed by atoms with Crippen LogP contribution < -0.4 is 5.23 Å². The third-order valence-electron chi connectivity index (χ3n) is 2.52. The smallest absolute Gasteiger partial charge is 0.374 e. The molecular weight excluding hydrogens is 251 g/mol. The van der Waals surface area contributed by atoms with Gasteiger partial charge in [-0.1, -0.05) is 12.1 Å². The number of nitro groups is 1. The molecule has 0 aliphatic heterocycles. The molecule has 0 fully saturated rings. The summed E-state index contributed by atoms with van der Waals surface area (Å²) in [6.07, 6.45) is 0.273. The summed E-state index contributed by atoms with van der Waals surface area (Å²) in [6.45, 7) is 1.49. The largest absolute Gasteiger partial charge is 0.468 e. The third-order valence-corrected chi connectivity index (χ3v) is 2.52. The lowest BCUT2D eigenvalue weighted by Gasteiger charge is -2.16. The summed E-state index contributed by atoms with van der Waals surface area (Å²) in [5.74, 6) is -0.501. The van der Waals surface area contributed by atoms with Crippen molar-refractivity contribution in [1.82, 2.24) is 5.23 Å². The van der Waals surface area contributed by atoms with E-state index in [0.29, 0.717) is 0 Å². The van der Waals surface area contributed by atoms with Crippen LogP contribution in [0.25, 0.3) is 0 Å². The zero-order chi connectivity index (χ0) is 14.4. The van der Waals surface area contributed by atoms with E-state index < -0.39 is 24.0 Å². The molecule has 0 bridgehead atoms. The second kappa shape index (κ2) is 6.86. The minimum atomic E-state index is -0.859. The minimum Gasteiger partial charge on any atom is -0.468 e. The number of methoxy groups -OCH3 is 1. The van der Waals surface area contributed by atoms with Crippen LogP contribution in [0.5, 0.6) is 0 Å². The average molecular weight is 266 g/mol. The van der Waals surface area contributed by atoms with Gasteiger partial charge in [0.1, 0.15) is 6.04 Å². The van der Waals surface area contributed by atoms with Gasteiger partial charge in [0.05, 0.1) is 12.0 Å². The Balaban J connectivity index is 2.78. The first-order valence-electron chi connectivity index (χ1n) is 5.69. The predicted molar refractivity (Wildman–Crippen MR) is 69.6 cm³/mol. The third kappa shape index (κ3) is 4.68. The summed E-state index contributed by atoms with van der Waals surface area (Å²) >= 11 is 0. The van der Waals surface area contributed by atoms with Gasteiger partial charge in [-0.15, -0.1) is 0 Å². The topological polar surface area (TPSA) is 102 Å². The molecule has 102 valence electrons. The molecule has 19 heavy (non-hydrogen) atoms. The van der Waals surface area contributed by atoms with Crippen molar-refractivity contribution >= 4 is 18.7 Å². The van der Waals surface area contributed by atoms with Gasteiger partial charge in [0.15, 0.2) is 0 Å². The molecule has 1 aromatic rings. The van der Waals surface area contributed by atoms with Crippen molar-refractivity contribution in [2.75, 3.05) is 7.11 Å². The molecule has 0 aromatic heterocycles. The van der Waals surface area contributed by atoms with Gasteiger partial charge in [0.2, 0.25) is 0 Å². The van der Waals surface area contributed by atoms with Gasteiger partial charge in [-0.3, -0.25) is 14.9 Å². The summed E-state index contributed by atoms with van der Waals surface area (Å²) in [7, 11) is 0.400. The highest BCUT2D eigenvalue weighted by molar-refractivity contribution is 6.46. The molecule has 1 rings (SSSR count). The Labute approximate surface area is 110 Å². The molecule has 0 aliphatic carbocycles. The van der Waals surface area contributed by atoms with E-state index in [1.165, 1.54) is 26.1 Å². The Hall–Kier alpha value is -1.93. The highest BCUT2D eigenvalue weighted by Gasteiger charge is 2.22. The normalized spacial score (nSPS) is 11.7. The first-order valence-corrected chi connectivity index (χ1v) is 5.69. The number of nitrogens with one attached hydrogen (secondary N) is 1. The van der Waals surface area contributed by atoms with Crippen molar-refractivity contribution in [1.29, 1.82) is 0 Å². The number of esters is 1. The quantitative estimate of drug-likeness (QED) is 0.334. The summed E-state index contributed by atoms with van der Waals surface area (Å²) < 4.78 is 4.63. The molecule has 7 nitrogen and oxygen atoms in total. The van der Waals surface area contributed by atoms with E-state index in [0.717, 1.165) is 5.56 Å². The van der Waals surface area contributed by atoms with Crippen LogP contribution in [0.2, 0.25) is 6.82 Å². The van der Waals surface area contributed by atoms with E-state index in [-0.39, 0.29) is 12.1 Å². The van der Waals surface area contributed by atoms with E-state index in [9.17, 15) is 19.9 Å². The van der Waals surface area contributed by atoms with Crippen molar-refractivity contribution in [3.63, 3.8) is 0 Å². The molecule has 8 heteroatoms. The first-order chi connectivity index (χ1) is 8.93. The number of carbonyl (C=O) groups is 1. The van der Waals surface area contributed by atoms with Gasteiger partial charge in [-0.25, -0.2) is 0 Å². The van der Waals surface area contributed by atoms with Gasteiger partial charge in [0, 0.05) is 12.1 Å². The van der Waals surface area contributed by atoms with E-state index in [1.807, 2.05) is 0 Å². The minimum absolute atomic E-state index is 0.0122. The van der Waals surface area contributed by atoms with Crippen LogP contribution in [0.1, 0.15) is 5.56 Å². The maximum absolute atomic E-state index is 11.5. The molecule has 0 aliphatic rings. The SMILES string of the molecule is COC(=O)[C@H](Cc1ccc([N+](=O)[O-])cc1)NB(C)O. The summed E-state index contributed by atoms with van der Waals surface area (Å²) in [6, 6.07) is 5.17. The fraction of sp³-hybridized carbons (Fsp3) is 0.364. The molecule has 0 amide bonds. The Morgan fingerprint density at radius 1 is 1.53 bits per heavy atom. The van der Waals surface area contributed by atoms with Crippen LogP contribution in [0, 0.1) is 10.1 Å². The molecule has 0 radical (unpaired) electrons. The van der Waals surface area contributed by atoms with E-state index in [4.69, 9.17) is 0 Å². The number of hydrogen-bond acceptors (Lipinski definition) is 6. The number of ether oxygens (including phenoxy) is 1. The van der Waals surface area contributed by atoms with Crippen molar-refractivity contribution in [2.24, 2.45) is 0 Å². The van der Waals surface area contributed by atoms with Crippen molar-refractivity contribution < 1.29 is 19.5 Å². The Morgan fingerprint density at radius 3 is 2.53 bits per heavy atom. The number of rotatable bonds is 6. The number of hydrogen-bond donors (Lipinski definition) is 2. The molecule has 0 spiro atoms. The molecule has 0 heterocycles. The van der Waals surface area contributed by atoms with Crippen molar-refractivity contribution in [2.45, 2.75) is 19.3 Å². The average Bonchev–Trinajstić information content (AvgIpc) is 2.37. The maximum atomic E-state index is 11.5. The van der Waals surface area contributed by atoms with Crippen molar-refractivity contribution in [3.8, 4) is 0 Å². The van der Waals surface area contributed by atoms with E-state index in [1.54, 1.807) is 12.1 Å². The maximum Gasteiger partial charge on any atom is 0.374 e. The zero-order valence-electron chi connectivity index (χ0n) is 10.7. The Bertz CT molecular complexity index is 449. The van der Waals surface area contributed by atoms with Gasteiger partial charge < -0.3 is 15.0 Å². The Morgan fingerprint density at radius 2 is 2.11 bits per heavy atom.